The van der Waals surface area contributed by atoms with E-state index in [0.29, 0.717) is 33.2 Å². The van der Waals surface area contributed by atoms with E-state index in [9.17, 15) is 13.0 Å². The maximum atomic E-state index is 12.7. The molecule has 0 unspecified atom stereocenters. The molecule has 9 heteroatoms. The standard InChI is InChI=1S/C24H27BrClIN2O3S/c1-10(2)14-8-15(11(3)4)24(33(30,31)32)18(12(5)6)19(14)22-16-9-17(27)20(25)21(26)23(16)29-13(7)28-22/h8-12H,1-7H3,(H,30,31,32). The third-order valence-corrected chi connectivity index (χ3v) is 9.61. The molecule has 0 spiro atoms. The Morgan fingerprint density at radius 1 is 1.00 bits per heavy atom. The lowest BCUT2D eigenvalue weighted by atomic mass is 9.82. The Kier molecular flexibility index (Phi) is 7.86. The molecule has 0 saturated heterocycles. The number of fused-ring (bicyclic) bond motifs is 1. The van der Waals surface area contributed by atoms with Crippen LogP contribution in [0.4, 0.5) is 0 Å². The highest BCUT2D eigenvalue weighted by Gasteiger charge is 2.31. The van der Waals surface area contributed by atoms with Crippen molar-refractivity contribution in [3.05, 3.63) is 47.7 Å². The first-order valence-electron chi connectivity index (χ1n) is 10.7. The Balaban J connectivity index is 2.70. The van der Waals surface area contributed by atoms with Crippen LogP contribution in [-0.2, 0) is 10.1 Å². The highest BCUT2D eigenvalue weighted by molar-refractivity contribution is 14.1. The summed E-state index contributed by atoms with van der Waals surface area (Å²) in [5.41, 5.74) is 4.10. The fraction of sp³-hybridized carbons (Fsp3) is 0.417. The van der Waals surface area contributed by atoms with Crippen LogP contribution < -0.4 is 0 Å². The van der Waals surface area contributed by atoms with Gasteiger partial charge in [0.15, 0.2) is 0 Å². The molecule has 0 atom stereocenters. The maximum absolute atomic E-state index is 12.7. The van der Waals surface area contributed by atoms with Gasteiger partial charge < -0.3 is 0 Å². The van der Waals surface area contributed by atoms with E-state index in [0.717, 1.165) is 24.6 Å². The second-order valence-electron chi connectivity index (χ2n) is 9.11. The number of hydrogen-bond acceptors (Lipinski definition) is 4. The zero-order chi connectivity index (χ0) is 25.0. The van der Waals surface area contributed by atoms with E-state index < -0.39 is 10.1 Å². The lowest BCUT2D eigenvalue weighted by molar-refractivity contribution is 0.479. The van der Waals surface area contributed by atoms with Crippen LogP contribution in [0.3, 0.4) is 0 Å². The van der Waals surface area contributed by atoms with Crippen molar-refractivity contribution in [2.75, 3.05) is 0 Å². The van der Waals surface area contributed by atoms with Crippen LogP contribution in [0.2, 0.25) is 5.02 Å². The van der Waals surface area contributed by atoms with Crippen LogP contribution in [0.25, 0.3) is 22.2 Å². The van der Waals surface area contributed by atoms with Gasteiger partial charge in [0.2, 0.25) is 0 Å². The van der Waals surface area contributed by atoms with Crippen LogP contribution in [0.1, 0.15) is 81.8 Å². The molecule has 178 valence electrons. The summed E-state index contributed by atoms with van der Waals surface area (Å²) in [6, 6.07) is 3.87. The largest absolute Gasteiger partial charge is 0.295 e. The van der Waals surface area contributed by atoms with Crippen molar-refractivity contribution >= 4 is 71.1 Å². The summed E-state index contributed by atoms with van der Waals surface area (Å²) in [7, 11) is -4.49. The third-order valence-electron chi connectivity index (χ3n) is 5.63. The minimum absolute atomic E-state index is 0.0192. The van der Waals surface area contributed by atoms with E-state index in [1.807, 2.05) is 39.8 Å². The zero-order valence-electron chi connectivity index (χ0n) is 19.6. The van der Waals surface area contributed by atoms with Crippen molar-refractivity contribution in [1.82, 2.24) is 9.97 Å². The van der Waals surface area contributed by atoms with Gasteiger partial charge in [0.05, 0.1) is 20.7 Å². The van der Waals surface area contributed by atoms with E-state index in [2.05, 4.69) is 57.4 Å². The summed E-state index contributed by atoms with van der Waals surface area (Å²) in [6.45, 7) is 13.7. The molecule has 0 aliphatic carbocycles. The van der Waals surface area contributed by atoms with E-state index >= 15 is 0 Å². The summed E-state index contributed by atoms with van der Waals surface area (Å²) in [4.78, 5) is 9.37. The summed E-state index contributed by atoms with van der Waals surface area (Å²) in [5, 5.41) is 1.22. The predicted molar refractivity (Wildman–Crippen MR) is 147 cm³/mol. The Labute approximate surface area is 222 Å². The first-order chi connectivity index (χ1) is 15.2. The summed E-state index contributed by atoms with van der Waals surface area (Å²) in [5.74, 6) is 0.323. The highest BCUT2D eigenvalue weighted by Crippen LogP contribution is 2.46. The fourth-order valence-electron chi connectivity index (χ4n) is 4.19. The first-order valence-corrected chi connectivity index (χ1v) is 14.4. The number of hydrogen-bond donors (Lipinski definition) is 1. The molecule has 2 aromatic carbocycles. The molecule has 0 amide bonds. The van der Waals surface area contributed by atoms with Crippen molar-refractivity contribution < 1.29 is 13.0 Å². The molecule has 0 bridgehead atoms. The van der Waals surface area contributed by atoms with E-state index in [-0.39, 0.29) is 22.6 Å². The molecule has 1 N–H and O–H groups in total. The van der Waals surface area contributed by atoms with E-state index in [1.165, 1.54) is 0 Å². The van der Waals surface area contributed by atoms with Gasteiger partial charge in [-0.05, 0) is 86.0 Å². The van der Waals surface area contributed by atoms with Crippen molar-refractivity contribution in [2.45, 2.75) is 71.1 Å². The van der Waals surface area contributed by atoms with Crippen LogP contribution in [0, 0.1) is 10.5 Å². The van der Waals surface area contributed by atoms with E-state index in [4.69, 9.17) is 16.6 Å². The zero-order valence-corrected chi connectivity index (χ0v) is 24.9. The average molecular weight is 666 g/mol. The average Bonchev–Trinajstić information content (AvgIpc) is 2.69. The maximum Gasteiger partial charge on any atom is 0.295 e. The minimum Gasteiger partial charge on any atom is -0.282 e. The molecule has 33 heavy (non-hydrogen) atoms. The van der Waals surface area contributed by atoms with Crippen LogP contribution >= 0.6 is 50.1 Å². The third kappa shape index (κ3) is 4.96. The van der Waals surface area contributed by atoms with Gasteiger partial charge in [-0.25, -0.2) is 9.97 Å². The van der Waals surface area contributed by atoms with Crippen molar-refractivity contribution in [2.24, 2.45) is 0 Å². The molecule has 5 nitrogen and oxygen atoms in total. The molecule has 1 heterocycles. The molecule has 3 rings (SSSR count). The normalized spacial score (nSPS) is 12.5. The van der Waals surface area contributed by atoms with Crippen LogP contribution in [-0.4, -0.2) is 22.9 Å². The number of halogens is 3. The fourth-order valence-corrected chi connectivity index (χ4v) is 6.69. The first kappa shape index (κ1) is 26.8. The van der Waals surface area contributed by atoms with Gasteiger partial charge in [0.1, 0.15) is 10.7 Å². The Morgan fingerprint density at radius 3 is 2.06 bits per heavy atom. The van der Waals surface area contributed by atoms with E-state index in [1.54, 1.807) is 6.92 Å². The van der Waals surface area contributed by atoms with Gasteiger partial charge in [0, 0.05) is 14.5 Å². The SMILES string of the molecule is Cc1nc(-c2c(C(C)C)cc(C(C)C)c(S(=O)(=O)O)c2C(C)C)c2cc(I)c(Br)c(Cl)c2n1. The molecule has 0 radical (unpaired) electrons. The summed E-state index contributed by atoms with van der Waals surface area (Å²) in [6.07, 6.45) is 0. The number of aryl methyl sites for hydroxylation is 1. The molecule has 1 aromatic heterocycles. The molecular formula is C24H27BrClIN2O3S. The predicted octanol–water partition coefficient (Wildman–Crippen LogP) is 8.24. The lowest BCUT2D eigenvalue weighted by Gasteiger charge is -2.26. The van der Waals surface area contributed by atoms with Gasteiger partial charge in [-0.1, -0.05) is 59.2 Å². The molecular weight excluding hydrogens is 639 g/mol. The Morgan fingerprint density at radius 2 is 1.58 bits per heavy atom. The van der Waals surface area contributed by atoms with Gasteiger partial charge in [0.25, 0.3) is 10.1 Å². The topological polar surface area (TPSA) is 80.2 Å². The van der Waals surface area contributed by atoms with Gasteiger partial charge in [-0.15, -0.1) is 0 Å². The quantitative estimate of drug-likeness (QED) is 0.169. The van der Waals surface area contributed by atoms with Crippen molar-refractivity contribution in [1.29, 1.82) is 0 Å². The number of nitrogens with zero attached hydrogens (tertiary/aromatic N) is 2. The minimum atomic E-state index is -4.49. The second kappa shape index (κ2) is 9.68. The lowest BCUT2D eigenvalue weighted by Crippen LogP contribution is -2.14. The van der Waals surface area contributed by atoms with Crippen LogP contribution in [0.15, 0.2) is 21.5 Å². The van der Waals surface area contributed by atoms with Crippen molar-refractivity contribution in [3.63, 3.8) is 0 Å². The van der Waals surface area contributed by atoms with Gasteiger partial charge in [-0.2, -0.15) is 8.42 Å². The van der Waals surface area contributed by atoms with Crippen LogP contribution in [0.5, 0.6) is 0 Å². The number of benzene rings is 2. The molecule has 0 aliphatic rings. The Hall–Kier alpha value is -0.810. The highest BCUT2D eigenvalue weighted by atomic mass is 127. The van der Waals surface area contributed by atoms with Crippen molar-refractivity contribution in [3.8, 4) is 11.3 Å². The molecule has 0 aliphatic heterocycles. The summed E-state index contributed by atoms with van der Waals surface area (Å²) >= 11 is 12.4. The molecule has 3 aromatic rings. The van der Waals surface area contributed by atoms with Gasteiger partial charge in [-0.3, -0.25) is 4.55 Å². The number of aromatic nitrogens is 2. The monoisotopic (exact) mass is 664 g/mol. The Bertz CT molecular complexity index is 1370. The summed E-state index contributed by atoms with van der Waals surface area (Å²) < 4.78 is 37.5. The molecule has 0 fully saturated rings. The second-order valence-corrected chi connectivity index (χ2v) is 12.8. The number of rotatable bonds is 5. The smallest absolute Gasteiger partial charge is 0.282 e. The molecule has 0 saturated carbocycles. The van der Waals surface area contributed by atoms with Gasteiger partial charge >= 0.3 is 0 Å².